The second-order valence-corrected chi connectivity index (χ2v) is 5.39. The topological polar surface area (TPSA) is 58.6 Å². The Labute approximate surface area is 139 Å². The molecule has 0 radical (unpaired) electrons. The zero-order chi connectivity index (χ0) is 17.1. The molecule has 2 amide bonds. The van der Waals surface area contributed by atoms with Gasteiger partial charge in [-0.1, -0.05) is 17.7 Å². The Morgan fingerprint density at radius 2 is 2.13 bits per heavy atom. The van der Waals surface area contributed by atoms with Crippen molar-refractivity contribution in [3.8, 4) is 0 Å². The maximum Gasteiger partial charge on any atom is 0.338 e. The van der Waals surface area contributed by atoms with Gasteiger partial charge in [-0.15, -0.1) is 0 Å². The number of nitrogens with one attached hydrogen (secondary N) is 1. The Bertz CT molecular complexity index is 655. The van der Waals surface area contributed by atoms with Crippen LogP contribution in [0.5, 0.6) is 0 Å². The van der Waals surface area contributed by atoms with Crippen molar-refractivity contribution < 1.29 is 18.7 Å². The molecule has 0 saturated carbocycles. The Morgan fingerprint density at radius 1 is 1.43 bits per heavy atom. The molecule has 0 unspecified atom stereocenters. The lowest BCUT2D eigenvalue weighted by Crippen LogP contribution is -2.48. The van der Waals surface area contributed by atoms with E-state index in [4.69, 9.17) is 16.3 Å². The molecule has 1 aromatic rings. The number of carbonyl (C=O) groups excluding carboxylic acids is 2. The molecule has 1 aliphatic rings. The van der Waals surface area contributed by atoms with E-state index < -0.39 is 23.9 Å². The van der Waals surface area contributed by atoms with Crippen LogP contribution in [-0.4, -0.2) is 30.1 Å². The summed E-state index contributed by atoms with van der Waals surface area (Å²) >= 11 is 6.10. The first-order valence-electron chi connectivity index (χ1n) is 7.32. The summed E-state index contributed by atoms with van der Waals surface area (Å²) in [6.45, 7) is 5.64. The minimum absolute atomic E-state index is 0.0562. The molecule has 0 bridgehead atoms. The first kappa shape index (κ1) is 17.3. The zero-order valence-electron chi connectivity index (χ0n) is 13.2. The largest absolute Gasteiger partial charge is 0.463 e. The molecule has 124 valence electrons. The van der Waals surface area contributed by atoms with Gasteiger partial charge in [0, 0.05) is 22.8 Å². The highest BCUT2D eigenvalue weighted by molar-refractivity contribution is 6.31. The van der Waals surface area contributed by atoms with Gasteiger partial charge in [-0.3, -0.25) is 4.90 Å². The lowest BCUT2D eigenvalue weighted by molar-refractivity contribution is -0.139. The van der Waals surface area contributed by atoms with E-state index in [-0.39, 0.29) is 22.8 Å². The van der Waals surface area contributed by atoms with Gasteiger partial charge >= 0.3 is 12.0 Å². The molecule has 1 atom stereocenters. The average molecular weight is 341 g/mol. The zero-order valence-corrected chi connectivity index (χ0v) is 13.9. The van der Waals surface area contributed by atoms with Crippen molar-refractivity contribution in [2.24, 2.45) is 0 Å². The Balaban J connectivity index is 2.63. The molecule has 1 N–H and O–H groups in total. The molecule has 1 aliphatic heterocycles. The normalized spacial score (nSPS) is 18.0. The lowest BCUT2D eigenvalue weighted by atomic mass is 9.94. The number of hydrogen-bond acceptors (Lipinski definition) is 3. The molecular weight excluding hydrogens is 323 g/mol. The number of allylic oxidation sites excluding steroid dienone is 1. The van der Waals surface area contributed by atoms with Crippen molar-refractivity contribution >= 4 is 23.6 Å². The monoisotopic (exact) mass is 340 g/mol. The summed E-state index contributed by atoms with van der Waals surface area (Å²) in [4.78, 5) is 26.0. The van der Waals surface area contributed by atoms with Gasteiger partial charge in [0.15, 0.2) is 0 Å². The van der Waals surface area contributed by atoms with Crippen molar-refractivity contribution in [1.29, 1.82) is 0 Å². The third-order valence-corrected chi connectivity index (χ3v) is 4.03. The first-order chi connectivity index (χ1) is 10.9. The number of hydrogen-bond donors (Lipinski definition) is 1. The van der Waals surface area contributed by atoms with Crippen molar-refractivity contribution in [2.75, 3.05) is 13.2 Å². The summed E-state index contributed by atoms with van der Waals surface area (Å²) in [5.74, 6) is -1.20. The van der Waals surface area contributed by atoms with Crippen molar-refractivity contribution in [2.45, 2.75) is 26.8 Å². The number of urea groups is 1. The Hall–Kier alpha value is -2.08. The Morgan fingerprint density at radius 3 is 2.70 bits per heavy atom. The van der Waals surface area contributed by atoms with Crippen LogP contribution < -0.4 is 5.32 Å². The van der Waals surface area contributed by atoms with Gasteiger partial charge in [0.25, 0.3) is 0 Å². The number of ether oxygens (including phenoxy) is 1. The van der Waals surface area contributed by atoms with E-state index in [0.29, 0.717) is 12.2 Å². The van der Waals surface area contributed by atoms with Crippen LogP contribution in [-0.2, 0) is 9.53 Å². The van der Waals surface area contributed by atoms with Gasteiger partial charge in [0.1, 0.15) is 5.82 Å². The molecular formula is C16H18ClFN2O3. The fourth-order valence-corrected chi connectivity index (χ4v) is 2.91. The van der Waals surface area contributed by atoms with E-state index in [0.717, 1.165) is 0 Å². The molecule has 5 nitrogen and oxygen atoms in total. The maximum atomic E-state index is 14.3. The Kier molecular flexibility index (Phi) is 5.26. The van der Waals surface area contributed by atoms with Crippen LogP contribution in [0.25, 0.3) is 0 Å². The second-order valence-electron chi connectivity index (χ2n) is 4.98. The van der Waals surface area contributed by atoms with Crippen LogP contribution in [0.15, 0.2) is 29.5 Å². The standard InChI is InChI=1S/C16H18ClFN2O3/c1-4-20-9(3)12(15(21)23-5-2)14(19-16(20)22)13-10(17)7-6-8-11(13)18/h6-8,14H,4-5H2,1-3H3,(H,19,22)/t14-/m1/s1. The van der Waals surface area contributed by atoms with Gasteiger partial charge < -0.3 is 10.1 Å². The van der Waals surface area contributed by atoms with Crippen LogP contribution in [0.1, 0.15) is 32.4 Å². The number of nitrogens with zero attached hydrogens (tertiary/aromatic N) is 1. The predicted molar refractivity (Wildman–Crippen MR) is 84.4 cm³/mol. The van der Waals surface area contributed by atoms with E-state index in [2.05, 4.69) is 5.32 Å². The SMILES string of the molecule is CCOC(=O)C1=C(C)N(CC)C(=O)N[C@H]1c1c(F)cccc1Cl. The molecule has 2 rings (SSSR count). The quantitative estimate of drug-likeness (QED) is 0.855. The number of esters is 1. The van der Waals surface area contributed by atoms with Crippen molar-refractivity contribution in [1.82, 2.24) is 10.2 Å². The molecule has 1 heterocycles. The molecule has 0 fully saturated rings. The second kappa shape index (κ2) is 7.00. The fraction of sp³-hybridized carbons (Fsp3) is 0.375. The maximum absolute atomic E-state index is 14.3. The molecule has 0 spiro atoms. The lowest BCUT2D eigenvalue weighted by Gasteiger charge is -2.35. The smallest absolute Gasteiger partial charge is 0.338 e. The van der Waals surface area contributed by atoms with Gasteiger partial charge in [0.2, 0.25) is 0 Å². The highest BCUT2D eigenvalue weighted by atomic mass is 35.5. The number of halogens is 2. The third-order valence-electron chi connectivity index (χ3n) is 3.70. The minimum Gasteiger partial charge on any atom is -0.463 e. The van der Waals surface area contributed by atoms with Crippen molar-refractivity contribution in [3.05, 3.63) is 45.9 Å². The summed E-state index contributed by atoms with van der Waals surface area (Å²) in [7, 11) is 0. The van der Waals surface area contributed by atoms with Crippen LogP contribution >= 0.6 is 11.6 Å². The molecule has 1 aromatic carbocycles. The molecule has 7 heteroatoms. The summed E-state index contributed by atoms with van der Waals surface area (Å²) in [5.41, 5.74) is 0.667. The van der Waals surface area contributed by atoms with Crippen molar-refractivity contribution in [3.63, 3.8) is 0 Å². The molecule has 23 heavy (non-hydrogen) atoms. The third kappa shape index (κ3) is 3.17. The summed E-state index contributed by atoms with van der Waals surface area (Å²) in [6.07, 6.45) is 0. The molecule has 0 aliphatic carbocycles. The van der Waals surface area contributed by atoms with E-state index >= 15 is 0 Å². The van der Waals surface area contributed by atoms with Gasteiger partial charge in [-0.2, -0.15) is 0 Å². The summed E-state index contributed by atoms with van der Waals surface area (Å²) in [6, 6.07) is 2.80. The van der Waals surface area contributed by atoms with E-state index in [1.165, 1.54) is 23.1 Å². The highest BCUT2D eigenvalue weighted by Gasteiger charge is 2.37. The van der Waals surface area contributed by atoms with Gasteiger partial charge in [0.05, 0.1) is 18.2 Å². The predicted octanol–water partition coefficient (Wildman–Crippen LogP) is 3.40. The van der Waals surface area contributed by atoms with Crippen LogP contribution in [0.2, 0.25) is 5.02 Å². The fourth-order valence-electron chi connectivity index (χ4n) is 2.64. The molecule has 0 saturated heterocycles. The molecule has 0 aromatic heterocycles. The van der Waals surface area contributed by atoms with E-state index in [1.807, 2.05) is 0 Å². The van der Waals surface area contributed by atoms with Crippen LogP contribution in [0, 0.1) is 5.82 Å². The van der Waals surface area contributed by atoms with Gasteiger partial charge in [-0.05, 0) is 32.9 Å². The first-order valence-corrected chi connectivity index (χ1v) is 7.69. The van der Waals surface area contributed by atoms with Gasteiger partial charge in [-0.25, -0.2) is 14.0 Å². The number of rotatable bonds is 4. The number of benzene rings is 1. The average Bonchev–Trinajstić information content (AvgIpc) is 2.47. The van der Waals surface area contributed by atoms with Crippen LogP contribution in [0.3, 0.4) is 0 Å². The highest BCUT2D eigenvalue weighted by Crippen LogP contribution is 2.36. The summed E-state index contributed by atoms with van der Waals surface area (Å²) < 4.78 is 19.3. The van der Waals surface area contributed by atoms with E-state index in [9.17, 15) is 14.0 Å². The minimum atomic E-state index is -0.988. The van der Waals surface area contributed by atoms with E-state index in [1.54, 1.807) is 20.8 Å². The number of amides is 2. The summed E-state index contributed by atoms with van der Waals surface area (Å²) in [5, 5.41) is 2.77. The number of carbonyl (C=O) groups is 2. The van der Waals surface area contributed by atoms with Crippen LogP contribution in [0.4, 0.5) is 9.18 Å².